The number of aromatic nitrogens is 2. The molecule has 1 N–H and O–H groups in total. The van der Waals surface area contributed by atoms with Gasteiger partial charge in [-0.1, -0.05) is 0 Å². The summed E-state index contributed by atoms with van der Waals surface area (Å²) >= 11 is 0. The molecule has 1 atom stereocenters. The van der Waals surface area contributed by atoms with Gasteiger partial charge in [0, 0.05) is 17.8 Å². The minimum Gasteiger partial charge on any atom is -0.468 e. The summed E-state index contributed by atoms with van der Waals surface area (Å²) in [7, 11) is 1.42. The lowest BCUT2D eigenvalue weighted by Gasteiger charge is -2.14. The smallest absolute Gasteiger partial charge is 0.327 e. The van der Waals surface area contributed by atoms with E-state index in [0.717, 1.165) is 18.0 Å². The Kier molecular flexibility index (Phi) is 4.01. The molecule has 0 saturated heterocycles. The van der Waals surface area contributed by atoms with Crippen molar-refractivity contribution in [3.8, 4) is 0 Å². The zero-order valence-corrected chi connectivity index (χ0v) is 11.2. The van der Waals surface area contributed by atoms with Crippen molar-refractivity contribution in [1.29, 1.82) is 0 Å². The second-order valence-corrected chi connectivity index (χ2v) is 5.16. The van der Waals surface area contributed by atoms with Crippen LogP contribution in [0.2, 0.25) is 0 Å². The summed E-state index contributed by atoms with van der Waals surface area (Å²) in [6.07, 6.45) is 6.16. The van der Waals surface area contributed by atoms with Crippen molar-refractivity contribution >= 4 is 5.97 Å². The first-order valence-electron chi connectivity index (χ1n) is 6.47. The van der Waals surface area contributed by atoms with E-state index in [9.17, 15) is 4.79 Å². The van der Waals surface area contributed by atoms with Crippen LogP contribution < -0.4 is 5.32 Å². The van der Waals surface area contributed by atoms with Gasteiger partial charge in [0.15, 0.2) is 0 Å². The third kappa shape index (κ3) is 3.10. The van der Waals surface area contributed by atoms with Crippen LogP contribution in [0.5, 0.6) is 0 Å². The van der Waals surface area contributed by atoms with Crippen LogP contribution >= 0.6 is 0 Å². The summed E-state index contributed by atoms with van der Waals surface area (Å²) in [6, 6.07) is -0.108. The quantitative estimate of drug-likeness (QED) is 0.781. The van der Waals surface area contributed by atoms with Crippen LogP contribution in [0.3, 0.4) is 0 Å². The number of methoxy groups -OCH3 is 1. The summed E-state index contributed by atoms with van der Waals surface area (Å²) in [4.78, 5) is 11.8. The molecule has 0 aliphatic heterocycles. The molecule has 0 amide bonds. The van der Waals surface area contributed by atoms with Gasteiger partial charge in [-0.3, -0.25) is 4.68 Å². The maximum absolute atomic E-state index is 11.8. The van der Waals surface area contributed by atoms with E-state index in [4.69, 9.17) is 4.74 Å². The second kappa shape index (κ2) is 5.52. The fourth-order valence-electron chi connectivity index (χ4n) is 1.85. The predicted octanol–water partition coefficient (Wildman–Crippen LogP) is 1.68. The highest BCUT2D eigenvalue weighted by Gasteiger charge is 2.27. The summed E-state index contributed by atoms with van der Waals surface area (Å²) < 4.78 is 6.70. The molecule has 1 aliphatic rings. The van der Waals surface area contributed by atoms with Crippen molar-refractivity contribution in [2.24, 2.45) is 5.92 Å². The third-order valence-corrected chi connectivity index (χ3v) is 3.23. The molecular formula is C13H21N3O2. The maximum atomic E-state index is 11.8. The topological polar surface area (TPSA) is 56.1 Å². The van der Waals surface area contributed by atoms with Crippen molar-refractivity contribution in [2.75, 3.05) is 13.7 Å². The molecule has 1 saturated carbocycles. The molecule has 1 aromatic heterocycles. The fourth-order valence-corrected chi connectivity index (χ4v) is 1.85. The average Bonchev–Trinajstić information content (AvgIpc) is 3.04. The minimum absolute atomic E-state index is 0.251. The Balaban J connectivity index is 2.07. The Hall–Kier alpha value is -1.36. The zero-order valence-electron chi connectivity index (χ0n) is 11.2. The summed E-state index contributed by atoms with van der Waals surface area (Å²) in [5.41, 5.74) is 0.871. The van der Waals surface area contributed by atoms with Gasteiger partial charge in [0.05, 0.1) is 13.3 Å². The molecule has 0 aromatic carbocycles. The molecule has 100 valence electrons. The standard InChI is InChI=1S/C13H21N3O2/c1-9(2)16-8-11(7-15-16)12(13(17)18-3)14-6-10-4-5-10/h7-10,12,14H,4-6H2,1-3H3. The predicted molar refractivity (Wildman–Crippen MR) is 68.1 cm³/mol. The average molecular weight is 251 g/mol. The molecule has 0 spiro atoms. The molecule has 1 heterocycles. The molecule has 0 bridgehead atoms. The molecule has 1 aliphatic carbocycles. The van der Waals surface area contributed by atoms with E-state index >= 15 is 0 Å². The Morgan fingerprint density at radius 2 is 2.33 bits per heavy atom. The zero-order chi connectivity index (χ0) is 13.1. The number of nitrogens with one attached hydrogen (secondary N) is 1. The number of esters is 1. The number of nitrogens with zero attached hydrogens (tertiary/aromatic N) is 2. The number of carbonyl (C=O) groups excluding carboxylic acids is 1. The van der Waals surface area contributed by atoms with Gasteiger partial charge in [0.25, 0.3) is 0 Å². The highest BCUT2D eigenvalue weighted by atomic mass is 16.5. The first-order chi connectivity index (χ1) is 8.61. The molecule has 5 heteroatoms. The molecule has 1 fully saturated rings. The van der Waals surface area contributed by atoms with Gasteiger partial charge in [-0.2, -0.15) is 5.10 Å². The highest BCUT2D eigenvalue weighted by Crippen LogP contribution is 2.28. The monoisotopic (exact) mass is 251 g/mol. The van der Waals surface area contributed by atoms with Crippen LogP contribution in [-0.4, -0.2) is 29.4 Å². The molecule has 2 rings (SSSR count). The Morgan fingerprint density at radius 3 is 2.83 bits per heavy atom. The van der Waals surface area contributed by atoms with Crippen molar-refractivity contribution in [1.82, 2.24) is 15.1 Å². The van der Waals surface area contributed by atoms with Crippen LogP contribution in [0.1, 0.15) is 44.3 Å². The van der Waals surface area contributed by atoms with Crippen molar-refractivity contribution < 1.29 is 9.53 Å². The van der Waals surface area contributed by atoms with Crippen LogP contribution in [0.4, 0.5) is 0 Å². The van der Waals surface area contributed by atoms with Crippen LogP contribution in [0.15, 0.2) is 12.4 Å². The van der Waals surface area contributed by atoms with Crippen molar-refractivity contribution in [3.63, 3.8) is 0 Å². The molecule has 5 nitrogen and oxygen atoms in total. The first kappa shape index (κ1) is 13.1. The van der Waals surface area contributed by atoms with Crippen LogP contribution in [0, 0.1) is 5.92 Å². The lowest BCUT2D eigenvalue weighted by Crippen LogP contribution is -2.30. The van der Waals surface area contributed by atoms with E-state index in [1.54, 1.807) is 6.20 Å². The lowest BCUT2D eigenvalue weighted by atomic mass is 10.1. The largest absolute Gasteiger partial charge is 0.468 e. The molecular weight excluding hydrogens is 230 g/mol. The lowest BCUT2D eigenvalue weighted by molar-refractivity contribution is -0.143. The Morgan fingerprint density at radius 1 is 1.61 bits per heavy atom. The number of carbonyl (C=O) groups is 1. The van der Waals surface area contributed by atoms with Gasteiger partial charge < -0.3 is 10.1 Å². The number of rotatable bonds is 6. The van der Waals surface area contributed by atoms with Crippen molar-refractivity contribution in [2.45, 2.75) is 38.8 Å². The number of ether oxygens (including phenoxy) is 1. The van der Waals surface area contributed by atoms with E-state index in [0.29, 0.717) is 6.04 Å². The van der Waals surface area contributed by atoms with E-state index in [1.807, 2.05) is 10.9 Å². The van der Waals surface area contributed by atoms with Crippen LogP contribution in [-0.2, 0) is 9.53 Å². The van der Waals surface area contributed by atoms with E-state index in [-0.39, 0.29) is 5.97 Å². The van der Waals surface area contributed by atoms with Gasteiger partial charge in [0.1, 0.15) is 6.04 Å². The molecule has 1 aromatic rings. The molecule has 18 heavy (non-hydrogen) atoms. The SMILES string of the molecule is COC(=O)C(NCC1CC1)c1cnn(C(C)C)c1. The number of hydrogen-bond donors (Lipinski definition) is 1. The molecule has 1 unspecified atom stereocenters. The van der Waals surface area contributed by atoms with E-state index in [1.165, 1.54) is 20.0 Å². The molecule has 0 radical (unpaired) electrons. The summed E-state index contributed by atoms with van der Waals surface area (Å²) in [5.74, 6) is 0.469. The van der Waals surface area contributed by atoms with E-state index < -0.39 is 6.04 Å². The first-order valence-corrected chi connectivity index (χ1v) is 6.47. The van der Waals surface area contributed by atoms with Gasteiger partial charge >= 0.3 is 5.97 Å². The second-order valence-electron chi connectivity index (χ2n) is 5.16. The van der Waals surface area contributed by atoms with Gasteiger partial charge in [-0.15, -0.1) is 0 Å². The summed E-state index contributed by atoms with van der Waals surface area (Å²) in [5, 5.41) is 7.54. The van der Waals surface area contributed by atoms with Crippen molar-refractivity contribution in [3.05, 3.63) is 18.0 Å². The third-order valence-electron chi connectivity index (χ3n) is 3.23. The normalized spacial score (nSPS) is 16.9. The fraction of sp³-hybridized carbons (Fsp3) is 0.692. The van der Waals surface area contributed by atoms with Gasteiger partial charge in [-0.05, 0) is 39.2 Å². The Labute approximate surface area is 108 Å². The maximum Gasteiger partial charge on any atom is 0.327 e. The minimum atomic E-state index is -0.400. The summed E-state index contributed by atoms with van der Waals surface area (Å²) in [6.45, 7) is 4.98. The number of hydrogen-bond acceptors (Lipinski definition) is 4. The van der Waals surface area contributed by atoms with Gasteiger partial charge in [-0.25, -0.2) is 4.79 Å². The van der Waals surface area contributed by atoms with E-state index in [2.05, 4.69) is 24.3 Å². The van der Waals surface area contributed by atoms with Gasteiger partial charge in [0.2, 0.25) is 0 Å². The highest BCUT2D eigenvalue weighted by molar-refractivity contribution is 5.77. The Bertz CT molecular complexity index is 410. The van der Waals surface area contributed by atoms with Crippen LogP contribution in [0.25, 0.3) is 0 Å².